The van der Waals surface area contributed by atoms with Crippen LogP contribution in [0, 0.1) is 0 Å². The highest BCUT2D eigenvalue weighted by Crippen LogP contribution is 2.30. The van der Waals surface area contributed by atoms with Gasteiger partial charge in [-0.15, -0.1) is 5.10 Å². The zero-order chi connectivity index (χ0) is 21.5. The fourth-order valence-corrected chi connectivity index (χ4v) is 3.55. The van der Waals surface area contributed by atoms with Gasteiger partial charge in [-0.2, -0.15) is 5.10 Å². The molecule has 4 rings (SSSR count). The van der Waals surface area contributed by atoms with Gasteiger partial charge in [-0.25, -0.2) is 9.31 Å². The molecule has 0 saturated carbocycles. The third kappa shape index (κ3) is 3.87. The van der Waals surface area contributed by atoms with Gasteiger partial charge in [0.25, 0.3) is 11.4 Å². The number of methoxy groups -OCH3 is 1. The third-order valence-corrected chi connectivity index (χ3v) is 4.91. The molecule has 30 heavy (non-hydrogen) atoms. The zero-order valence-corrected chi connectivity index (χ0v) is 17.3. The van der Waals surface area contributed by atoms with E-state index in [1.165, 1.54) is 7.11 Å². The Labute approximate surface area is 172 Å². The number of rotatable bonds is 3. The molecule has 11 nitrogen and oxygen atoms in total. The summed E-state index contributed by atoms with van der Waals surface area (Å²) < 4.78 is 17.5. The van der Waals surface area contributed by atoms with Crippen molar-refractivity contribution in [1.82, 2.24) is 29.7 Å². The lowest BCUT2D eigenvalue weighted by Crippen LogP contribution is -2.41. The van der Waals surface area contributed by atoms with Gasteiger partial charge in [-0.05, 0) is 33.6 Å². The Balaban J connectivity index is 1.58. The summed E-state index contributed by atoms with van der Waals surface area (Å²) in [6.07, 6.45) is 2.67. The van der Waals surface area contributed by atoms with Crippen LogP contribution in [0.1, 0.15) is 45.2 Å². The van der Waals surface area contributed by atoms with Crippen molar-refractivity contribution >= 4 is 11.7 Å². The first-order valence-corrected chi connectivity index (χ1v) is 9.72. The summed E-state index contributed by atoms with van der Waals surface area (Å²) in [6.45, 7) is 6.63. The smallest absolute Gasteiger partial charge is 0.414 e. The molecule has 0 atom stereocenters. The zero-order valence-electron chi connectivity index (χ0n) is 17.3. The molecule has 3 aromatic heterocycles. The summed E-state index contributed by atoms with van der Waals surface area (Å²) in [5.41, 5.74) is 0.973. The Morgan fingerprint density at radius 1 is 1.27 bits per heavy atom. The van der Waals surface area contributed by atoms with Gasteiger partial charge < -0.3 is 23.8 Å². The van der Waals surface area contributed by atoms with Gasteiger partial charge in [0, 0.05) is 25.1 Å². The highest BCUT2D eigenvalue weighted by atomic mass is 16.6. The minimum absolute atomic E-state index is 0.0253. The van der Waals surface area contributed by atoms with E-state index >= 15 is 0 Å². The van der Waals surface area contributed by atoms with Crippen LogP contribution in [0.15, 0.2) is 21.5 Å². The molecular weight excluding hydrogens is 392 g/mol. The Hall–Kier alpha value is -3.37. The number of amides is 1. The lowest BCUT2D eigenvalue weighted by Gasteiger charge is -2.33. The fourth-order valence-electron chi connectivity index (χ4n) is 3.55. The molecule has 0 aromatic carbocycles. The number of likely N-dealkylation sites (tertiary alicyclic amines) is 1. The maximum absolute atomic E-state index is 12.3. The number of aromatic amines is 1. The van der Waals surface area contributed by atoms with Gasteiger partial charge in [0.2, 0.25) is 0 Å². The number of piperidine rings is 1. The number of H-pyrrole nitrogens is 1. The van der Waals surface area contributed by atoms with Crippen molar-refractivity contribution in [2.45, 2.75) is 45.1 Å². The van der Waals surface area contributed by atoms with Gasteiger partial charge in [0.1, 0.15) is 16.8 Å². The van der Waals surface area contributed by atoms with Crippen molar-refractivity contribution in [3.8, 4) is 17.5 Å². The molecule has 1 amide bonds. The molecule has 1 fully saturated rings. The maximum atomic E-state index is 12.3. The van der Waals surface area contributed by atoms with Crippen LogP contribution in [0.3, 0.4) is 0 Å². The van der Waals surface area contributed by atoms with Gasteiger partial charge in [0.15, 0.2) is 0 Å². The van der Waals surface area contributed by atoms with Gasteiger partial charge >= 0.3 is 12.2 Å². The summed E-state index contributed by atoms with van der Waals surface area (Å²) in [5.74, 6) is 0.271. The first-order chi connectivity index (χ1) is 14.2. The van der Waals surface area contributed by atoms with Crippen molar-refractivity contribution in [1.29, 1.82) is 0 Å². The summed E-state index contributed by atoms with van der Waals surface area (Å²) in [4.78, 5) is 29.1. The number of aromatic nitrogens is 5. The van der Waals surface area contributed by atoms with E-state index in [4.69, 9.17) is 13.9 Å². The molecule has 0 spiro atoms. The van der Waals surface area contributed by atoms with Gasteiger partial charge in [-0.3, -0.25) is 4.79 Å². The SMILES string of the molecule is COc1nnc(-c2cnn3c(C4CCN(C(=O)OC(C)(C)C)CC4)cc(=O)[nH]c23)o1. The molecule has 0 aliphatic carbocycles. The second-order valence-corrected chi connectivity index (χ2v) is 8.20. The normalized spacial score (nSPS) is 15.5. The van der Waals surface area contributed by atoms with E-state index in [0.29, 0.717) is 37.1 Å². The topological polar surface area (TPSA) is 128 Å². The number of carbonyl (C=O) groups excluding carboxylic acids is 1. The van der Waals surface area contributed by atoms with Crippen molar-refractivity contribution in [3.63, 3.8) is 0 Å². The monoisotopic (exact) mass is 416 g/mol. The third-order valence-electron chi connectivity index (χ3n) is 4.91. The first-order valence-electron chi connectivity index (χ1n) is 9.72. The fraction of sp³-hybridized carbons (Fsp3) is 0.526. The van der Waals surface area contributed by atoms with Crippen LogP contribution in [0.4, 0.5) is 4.79 Å². The molecule has 1 N–H and O–H groups in total. The molecule has 0 unspecified atom stereocenters. The number of nitrogens with one attached hydrogen (secondary N) is 1. The second-order valence-electron chi connectivity index (χ2n) is 8.20. The van der Waals surface area contributed by atoms with E-state index in [2.05, 4.69) is 20.3 Å². The van der Waals surface area contributed by atoms with Crippen molar-refractivity contribution in [3.05, 3.63) is 28.3 Å². The second kappa shape index (κ2) is 7.47. The number of hydrogen-bond acceptors (Lipinski definition) is 8. The maximum Gasteiger partial charge on any atom is 0.414 e. The molecule has 160 valence electrons. The quantitative estimate of drug-likeness (QED) is 0.688. The molecule has 1 saturated heterocycles. The molecule has 3 aromatic rings. The first kappa shape index (κ1) is 19.9. The molecule has 1 aliphatic rings. The Kier molecular flexibility index (Phi) is 4.96. The van der Waals surface area contributed by atoms with E-state index in [1.54, 1.807) is 21.7 Å². The van der Waals surface area contributed by atoms with Crippen LogP contribution in [0.2, 0.25) is 0 Å². The van der Waals surface area contributed by atoms with E-state index in [1.807, 2.05) is 20.8 Å². The molecule has 0 radical (unpaired) electrons. The van der Waals surface area contributed by atoms with Crippen LogP contribution in [-0.4, -0.2) is 61.6 Å². The minimum atomic E-state index is -0.532. The van der Waals surface area contributed by atoms with Crippen LogP contribution in [-0.2, 0) is 4.74 Å². The molecule has 4 heterocycles. The van der Waals surface area contributed by atoms with Gasteiger partial charge in [0.05, 0.1) is 19.0 Å². The lowest BCUT2D eigenvalue weighted by atomic mass is 9.93. The molecule has 11 heteroatoms. The summed E-state index contributed by atoms with van der Waals surface area (Å²) >= 11 is 0. The highest BCUT2D eigenvalue weighted by molar-refractivity contribution is 5.71. The van der Waals surface area contributed by atoms with E-state index in [-0.39, 0.29) is 29.5 Å². The number of nitrogens with zero attached hydrogens (tertiary/aromatic N) is 5. The van der Waals surface area contributed by atoms with Crippen LogP contribution in [0.25, 0.3) is 17.1 Å². The van der Waals surface area contributed by atoms with Crippen molar-refractivity contribution in [2.75, 3.05) is 20.2 Å². The van der Waals surface area contributed by atoms with E-state index < -0.39 is 5.60 Å². The van der Waals surface area contributed by atoms with Crippen LogP contribution in [0.5, 0.6) is 6.08 Å². The van der Waals surface area contributed by atoms with Gasteiger partial charge in [-0.1, -0.05) is 5.10 Å². The molecular formula is C19H24N6O5. The van der Waals surface area contributed by atoms with Crippen molar-refractivity contribution < 1.29 is 18.7 Å². The Bertz CT molecular complexity index is 1120. The lowest BCUT2D eigenvalue weighted by molar-refractivity contribution is 0.0203. The van der Waals surface area contributed by atoms with Crippen LogP contribution >= 0.6 is 0 Å². The Morgan fingerprint density at radius 3 is 2.63 bits per heavy atom. The predicted octanol–water partition coefficient (Wildman–Crippen LogP) is 2.20. The average Bonchev–Trinajstić information content (AvgIpc) is 3.32. The van der Waals surface area contributed by atoms with Crippen LogP contribution < -0.4 is 10.3 Å². The number of hydrogen-bond donors (Lipinski definition) is 1. The number of carbonyl (C=O) groups is 1. The van der Waals surface area contributed by atoms with E-state index in [0.717, 1.165) is 5.69 Å². The summed E-state index contributed by atoms with van der Waals surface area (Å²) in [6, 6.07) is 1.55. The number of ether oxygens (including phenoxy) is 2. The highest BCUT2D eigenvalue weighted by Gasteiger charge is 2.29. The summed E-state index contributed by atoms with van der Waals surface area (Å²) in [7, 11) is 1.43. The molecule has 1 aliphatic heterocycles. The number of fused-ring (bicyclic) bond motifs is 1. The molecule has 0 bridgehead atoms. The van der Waals surface area contributed by atoms with Crippen molar-refractivity contribution in [2.24, 2.45) is 0 Å². The predicted molar refractivity (Wildman–Crippen MR) is 105 cm³/mol. The largest absolute Gasteiger partial charge is 0.452 e. The standard InChI is InChI=1S/C19H24N6O5/c1-19(2,3)30-18(27)24-7-5-11(6-8-24)13-9-14(26)21-15-12(10-20-25(13)15)16-22-23-17(28-4)29-16/h9-11H,5-8H2,1-4H3,(H,21,26). The minimum Gasteiger partial charge on any atom is -0.452 e. The average molecular weight is 416 g/mol. The van der Waals surface area contributed by atoms with E-state index in [9.17, 15) is 9.59 Å². The Morgan fingerprint density at radius 2 is 2.00 bits per heavy atom. The summed E-state index contributed by atoms with van der Waals surface area (Å²) in [5, 5.41) is 12.1.